The number of hydrogen-bond donors (Lipinski definition) is 2. The van der Waals surface area contributed by atoms with Gasteiger partial charge in [0.05, 0.1) is 11.9 Å². The van der Waals surface area contributed by atoms with Gasteiger partial charge in [-0.3, -0.25) is 9.78 Å². The molecule has 5 aromatic rings. The molecule has 184 valence electrons. The van der Waals surface area contributed by atoms with Gasteiger partial charge in [-0.2, -0.15) is 10.4 Å². The number of H-pyrrole nitrogens is 1. The van der Waals surface area contributed by atoms with Crippen molar-refractivity contribution >= 4 is 12.2 Å². The summed E-state index contributed by atoms with van der Waals surface area (Å²) in [5.41, 5.74) is 7.15. The maximum Gasteiger partial charge on any atom is 0.270 e. The number of rotatable bonds is 8. The van der Waals surface area contributed by atoms with E-state index in [1.54, 1.807) is 18.3 Å². The predicted molar refractivity (Wildman–Crippen MR) is 149 cm³/mol. The summed E-state index contributed by atoms with van der Waals surface area (Å²) < 4.78 is 5.90. The zero-order valence-electron chi connectivity index (χ0n) is 20.3. The fourth-order valence-corrected chi connectivity index (χ4v) is 3.94. The Labute approximate surface area is 219 Å². The van der Waals surface area contributed by atoms with Crippen LogP contribution in [0.3, 0.4) is 0 Å². The van der Waals surface area contributed by atoms with Crippen LogP contribution in [0, 0.1) is 11.3 Å². The zero-order valence-corrected chi connectivity index (χ0v) is 20.3. The van der Waals surface area contributed by atoms with E-state index in [1.165, 1.54) is 0 Å². The Morgan fingerprint density at radius 3 is 2.29 bits per heavy atom. The molecule has 0 saturated carbocycles. The Morgan fingerprint density at radius 1 is 0.868 bits per heavy atom. The van der Waals surface area contributed by atoms with Crippen molar-refractivity contribution in [2.24, 2.45) is 5.10 Å². The summed E-state index contributed by atoms with van der Waals surface area (Å²) in [5.74, 6) is 0.928. The number of aromatic amines is 1. The van der Waals surface area contributed by atoms with Crippen molar-refractivity contribution in [1.29, 1.82) is 5.26 Å². The van der Waals surface area contributed by atoms with Gasteiger partial charge in [0.25, 0.3) is 5.56 Å². The molecule has 0 bridgehead atoms. The Kier molecular flexibility index (Phi) is 7.33. The summed E-state index contributed by atoms with van der Waals surface area (Å²) in [6.07, 6.45) is 1.66. The van der Waals surface area contributed by atoms with Crippen LogP contribution >= 0.6 is 0 Å². The van der Waals surface area contributed by atoms with Crippen LogP contribution in [0.1, 0.15) is 16.7 Å². The molecule has 0 unspecified atom stereocenters. The Bertz CT molecular complexity index is 1660. The van der Waals surface area contributed by atoms with Crippen LogP contribution in [-0.4, -0.2) is 16.2 Å². The van der Waals surface area contributed by atoms with E-state index in [1.807, 2.05) is 103 Å². The number of hydrazone groups is 1. The highest BCUT2D eigenvalue weighted by atomic mass is 16.5. The van der Waals surface area contributed by atoms with Gasteiger partial charge in [-0.1, -0.05) is 97.1 Å². The molecule has 0 aliphatic heterocycles. The van der Waals surface area contributed by atoms with E-state index in [2.05, 4.69) is 20.5 Å². The maximum atomic E-state index is 12.5. The number of benzene rings is 4. The SMILES string of the molecule is N#Cc1c(-c2ccccc2)nc(NN=Cc2ccccc2-c2ccc(OCc3ccccc3)cc2)[nH]c1=O. The fourth-order valence-electron chi connectivity index (χ4n) is 3.94. The van der Waals surface area contributed by atoms with Crippen LogP contribution in [0.2, 0.25) is 0 Å². The maximum absolute atomic E-state index is 12.5. The van der Waals surface area contributed by atoms with Gasteiger partial charge in [-0.05, 0) is 28.8 Å². The van der Waals surface area contributed by atoms with E-state index in [4.69, 9.17) is 4.74 Å². The first-order valence-electron chi connectivity index (χ1n) is 12.0. The fraction of sp³-hybridized carbons (Fsp3) is 0.0323. The summed E-state index contributed by atoms with van der Waals surface area (Å²) in [7, 11) is 0. The number of nitrogens with one attached hydrogen (secondary N) is 2. The zero-order chi connectivity index (χ0) is 26.2. The molecule has 5 rings (SSSR count). The van der Waals surface area contributed by atoms with Crippen molar-refractivity contribution in [1.82, 2.24) is 9.97 Å². The molecule has 0 spiro atoms. The van der Waals surface area contributed by atoms with Crippen LogP contribution in [0.5, 0.6) is 5.75 Å². The molecule has 0 amide bonds. The van der Waals surface area contributed by atoms with Gasteiger partial charge in [-0.15, -0.1) is 0 Å². The van der Waals surface area contributed by atoms with Gasteiger partial charge < -0.3 is 4.74 Å². The van der Waals surface area contributed by atoms with Crippen molar-refractivity contribution in [3.63, 3.8) is 0 Å². The van der Waals surface area contributed by atoms with Crippen LogP contribution in [-0.2, 0) is 6.61 Å². The lowest BCUT2D eigenvalue weighted by atomic mass is 10.0. The van der Waals surface area contributed by atoms with Crippen LogP contribution in [0.4, 0.5) is 5.95 Å². The van der Waals surface area contributed by atoms with Gasteiger partial charge in [0.2, 0.25) is 5.95 Å². The molecule has 0 saturated heterocycles. The molecule has 1 aromatic heterocycles. The molecule has 0 radical (unpaired) electrons. The van der Waals surface area contributed by atoms with Gasteiger partial charge >= 0.3 is 0 Å². The first kappa shape index (κ1) is 24.2. The second kappa shape index (κ2) is 11.5. The van der Waals surface area contributed by atoms with Gasteiger partial charge in [0.1, 0.15) is 24.0 Å². The number of ether oxygens (including phenoxy) is 1. The molecule has 2 N–H and O–H groups in total. The highest BCUT2D eigenvalue weighted by Gasteiger charge is 2.13. The smallest absolute Gasteiger partial charge is 0.270 e. The second-order valence-electron chi connectivity index (χ2n) is 8.37. The van der Waals surface area contributed by atoms with E-state index in [0.717, 1.165) is 28.0 Å². The highest BCUT2D eigenvalue weighted by molar-refractivity contribution is 5.90. The van der Waals surface area contributed by atoms with E-state index in [0.29, 0.717) is 17.9 Å². The Balaban J connectivity index is 1.33. The number of nitriles is 1. The van der Waals surface area contributed by atoms with Crippen molar-refractivity contribution in [3.05, 3.63) is 136 Å². The number of hydrogen-bond acceptors (Lipinski definition) is 6. The lowest BCUT2D eigenvalue weighted by Gasteiger charge is -2.09. The van der Waals surface area contributed by atoms with E-state index in [-0.39, 0.29) is 11.5 Å². The monoisotopic (exact) mass is 497 g/mol. The molecule has 4 aromatic carbocycles. The molecule has 7 heteroatoms. The molecule has 0 aliphatic carbocycles. The standard InChI is InChI=1S/C31H23N5O2/c32-19-28-29(24-11-5-2-6-12-24)34-31(35-30(28)37)36-33-20-25-13-7-8-14-27(25)23-15-17-26(18-16-23)38-21-22-9-3-1-4-10-22/h1-18,20H,21H2,(H2,34,35,36,37). The minimum absolute atomic E-state index is 0.0488. The van der Waals surface area contributed by atoms with Gasteiger partial charge in [0.15, 0.2) is 0 Å². The number of anilines is 1. The summed E-state index contributed by atoms with van der Waals surface area (Å²) in [6.45, 7) is 0.507. The van der Waals surface area contributed by atoms with Crippen molar-refractivity contribution in [2.75, 3.05) is 5.43 Å². The van der Waals surface area contributed by atoms with Crippen LogP contribution in [0.15, 0.2) is 119 Å². The van der Waals surface area contributed by atoms with Gasteiger partial charge in [-0.25, -0.2) is 10.4 Å². The third kappa shape index (κ3) is 5.66. The average molecular weight is 498 g/mol. The largest absolute Gasteiger partial charge is 0.489 e. The number of aromatic nitrogens is 2. The summed E-state index contributed by atoms with van der Waals surface area (Å²) >= 11 is 0. The van der Waals surface area contributed by atoms with Crippen LogP contribution < -0.4 is 15.7 Å². The number of nitrogens with zero attached hydrogens (tertiary/aromatic N) is 3. The molecule has 1 heterocycles. The molecule has 0 atom stereocenters. The normalized spacial score (nSPS) is 10.7. The first-order chi connectivity index (χ1) is 18.7. The summed E-state index contributed by atoms with van der Waals surface area (Å²) in [6, 6.07) is 36.8. The summed E-state index contributed by atoms with van der Waals surface area (Å²) in [4.78, 5) is 19.5. The van der Waals surface area contributed by atoms with E-state index >= 15 is 0 Å². The molecule has 0 fully saturated rings. The average Bonchev–Trinajstić information content (AvgIpc) is 2.97. The quantitative estimate of drug-likeness (QED) is 0.202. The Morgan fingerprint density at radius 2 is 1.55 bits per heavy atom. The predicted octanol–water partition coefficient (Wildman–Crippen LogP) is 6.00. The molecule has 38 heavy (non-hydrogen) atoms. The molecular weight excluding hydrogens is 474 g/mol. The summed E-state index contributed by atoms with van der Waals surface area (Å²) in [5, 5.41) is 13.7. The lowest BCUT2D eigenvalue weighted by molar-refractivity contribution is 0.306. The third-order valence-electron chi connectivity index (χ3n) is 5.83. The van der Waals surface area contributed by atoms with E-state index < -0.39 is 5.56 Å². The molecule has 0 aliphatic rings. The molecular formula is C31H23N5O2. The third-order valence-corrected chi connectivity index (χ3v) is 5.83. The van der Waals surface area contributed by atoms with Crippen molar-refractivity contribution in [3.8, 4) is 34.2 Å². The molecule has 7 nitrogen and oxygen atoms in total. The topological polar surface area (TPSA) is 103 Å². The minimum atomic E-state index is -0.533. The lowest BCUT2D eigenvalue weighted by Crippen LogP contribution is -2.16. The highest BCUT2D eigenvalue weighted by Crippen LogP contribution is 2.25. The first-order valence-corrected chi connectivity index (χ1v) is 12.0. The van der Waals surface area contributed by atoms with Crippen molar-refractivity contribution < 1.29 is 4.74 Å². The van der Waals surface area contributed by atoms with Crippen molar-refractivity contribution in [2.45, 2.75) is 6.61 Å². The van der Waals surface area contributed by atoms with Gasteiger partial charge in [0, 0.05) is 11.1 Å². The second-order valence-corrected chi connectivity index (χ2v) is 8.37. The Hall–Kier alpha value is -5.48. The van der Waals surface area contributed by atoms with E-state index in [9.17, 15) is 10.1 Å². The van der Waals surface area contributed by atoms with Crippen LogP contribution in [0.25, 0.3) is 22.4 Å². The minimum Gasteiger partial charge on any atom is -0.489 e.